The van der Waals surface area contributed by atoms with Gasteiger partial charge in [0.25, 0.3) is 0 Å². The van der Waals surface area contributed by atoms with Crippen molar-refractivity contribution in [2.75, 3.05) is 19.6 Å². The molecule has 0 saturated heterocycles. The van der Waals surface area contributed by atoms with Crippen molar-refractivity contribution in [3.8, 4) is 0 Å². The zero-order chi connectivity index (χ0) is 18.2. The van der Waals surface area contributed by atoms with Crippen LogP contribution in [0.4, 0.5) is 0 Å². The lowest BCUT2D eigenvalue weighted by Crippen LogP contribution is -2.43. The first-order chi connectivity index (χ1) is 13.3. The lowest BCUT2D eigenvalue weighted by Gasteiger charge is -2.26. The number of amidine groups is 1. The van der Waals surface area contributed by atoms with Crippen molar-refractivity contribution >= 4 is 37.3 Å². The summed E-state index contributed by atoms with van der Waals surface area (Å²) in [7, 11) is 0. The van der Waals surface area contributed by atoms with E-state index in [9.17, 15) is 4.79 Å². The zero-order valence-electron chi connectivity index (χ0n) is 15.6. The normalized spacial score (nSPS) is 18.0. The Labute approximate surface area is 163 Å². The van der Waals surface area contributed by atoms with Gasteiger partial charge in [0.05, 0.1) is 19.6 Å². The lowest BCUT2D eigenvalue weighted by molar-refractivity contribution is -0.539. The molecule has 2 aliphatic rings. The average Bonchev–Trinajstić information content (AvgIpc) is 2.94. The molecule has 27 heavy (non-hydrogen) atoms. The SMILES string of the molecule is O=c1c2ccccc2sc2cc(CN3CCC[N+]4=C3CCCCC4)ccc12. The summed E-state index contributed by atoms with van der Waals surface area (Å²) >= 11 is 1.73. The van der Waals surface area contributed by atoms with Crippen LogP contribution in [0, 0.1) is 0 Å². The van der Waals surface area contributed by atoms with E-state index in [2.05, 4.69) is 27.7 Å². The molecular weight excluding hydrogens is 352 g/mol. The van der Waals surface area contributed by atoms with Gasteiger partial charge < -0.3 is 0 Å². The van der Waals surface area contributed by atoms with Gasteiger partial charge in [0.15, 0.2) is 5.43 Å². The molecular formula is C23H25N2OS+. The molecule has 0 spiro atoms. The summed E-state index contributed by atoms with van der Waals surface area (Å²) in [4.78, 5) is 15.4. The van der Waals surface area contributed by atoms with Gasteiger partial charge in [-0.1, -0.05) is 18.2 Å². The highest BCUT2D eigenvalue weighted by molar-refractivity contribution is 7.24. The van der Waals surface area contributed by atoms with Crippen molar-refractivity contribution < 1.29 is 4.58 Å². The molecule has 3 aromatic rings. The maximum Gasteiger partial charge on any atom is 0.247 e. The van der Waals surface area contributed by atoms with Gasteiger partial charge in [0, 0.05) is 33.0 Å². The Balaban J connectivity index is 1.52. The van der Waals surface area contributed by atoms with Crippen molar-refractivity contribution in [2.24, 2.45) is 0 Å². The topological polar surface area (TPSA) is 23.3 Å². The van der Waals surface area contributed by atoms with E-state index in [0.29, 0.717) is 0 Å². The van der Waals surface area contributed by atoms with Gasteiger partial charge in [0.2, 0.25) is 5.84 Å². The standard InChI is InChI=1S/C23H25N2OS/c26-23-18-7-3-4-8-20(18)27-21-15-17(10-11-19(21)23)16-25-14-6-13-24-12-5-1-2-9-22(24)25/h3-4,7-8,10-11,15H,1-2,5-6,9,12-14,16H2/q+1. The number of hydrogen-bond acceptors (Lipinski definition) is 3. The predicted octanol–water partition coefficient (Wildman–Crippen LogP) is 4.61. The third-order valence-corrected chi connectivity index (χ3v) is 7.06. The second-order valence-electron chi connectivity index (χ2n) is 7.75. The molecule has 0 unspecified atom stereocenters. The highest BCUT2D eigenvalue weighted by atomic mass is 32.1. The molecule has 0 radical (unpaired) electrons. The molecule has 2 aliphatic heterocycles. The molecule has 0 N–H and O–H groups in total. The fraction of sp³-hybridized carbons (Fsp3) is 0.391. The van der Waals surface area contributed by atoms with Crippen molar-refractivity contribution in [2.45, 2.75) is 38.6 Å². The Bertz CT molecular complexity index is 1100. The Morgan fingerprint density at radius 3 is 2.74 bits per heavy atom. The van der Waals surface area contributed by atoms with E-state index in [1.807, 2.05) is 24.3 Å². The van der Waals surface area contributed by atoms with Gasteiger partial charge in [-0.15, -0.1) is 11.3 Å². The summed E-state index contributed by atoms with van der Waals surface area (Å²) < 4.78 is 4.80. The summed E-state index contributed by atoms with van der Waals surface area (Å²) in [6.45, 7) is 4.54. The van der Waals surface area contributed by atoms with Gasteiger partial charge in [-0.05, 0) is 49.1 Å². The lowest BCUT2D eigenvalue weighted by atomic mass is 10.1. The predicted molar refractivity (Wildman–Crippen MR) is 114 cm³/mol. The number of hydrogen-bond donors (Lipinski definition) is 0. The molecule has 0 saturated carbocycles. The van der Waals surface area contributed by atoms with Crippen molar-refractivity contribution in [3.63, 3.8) is 0 Å². The van der Waals surface area contributed by atoms with Crippen LogP contribution in [-0.4, -0.2) is 34.9 Å². The molecule has 0 atom stereocenters. The van der Waals surface area contributed by atoms with Crippen LogP contribution < -0.4 is 5.43 Å². The summed E-state index contributed by atoms with van der Waals surface area (Å²) in [5, 5.41) is 1.69. The Morgan fingerprint density at radius 1 is 0.926 bits per heavy atom. The molecule has 138 valence electrons. The minimum absolute atomic E-state index is 0.160. The Hall–Kier alpha value is -2.20. The summed E-state index contributed by atoms with van der Waals surface area (Å²) in [6, 6.07) is 14.4. The Morgan fingerprint density at radius 2 is 1.78 bits per heavy atom. The third-order valence-electron chi connectivity index (χ3n) is 5.93. The van der Waals surface area contributed by atoms with Gasteiger partial charge in [-0.25, -0.2) is 0 Å². The van der Waals surface area contributed by atoms with Crippen LogP contribution in [0.2, 0.25) is 0 Å². The van der Waals surface area contributed by atoms with Crippen molar-refractivity contribution in [3.05, 3.63) is 58.3 Å². The van der Waals surface area contributed by atoms with Crippen molar-refractivity contribution in [1.29, 1.82) is 0 Å². The van der Waals surface area contributed by atoms with Crippen LogP contribution in [-0.2, 0) is 6.54 Å². The van der Waals surface area contributed by atoms with E-state index in [1.54, 1.807) is 17.2 Å². The molecule has 0 fully saturated rings. The second-order valence-corrected chi connectivity index (χ2v) is 8.83. The van der Waals surface area contributed by atoms with Gasteiger partial charge >= 0.3 is 0 Å². The molecule has 0 aliphatic carbocycles. The van der Waals surface area contributed by atoms with Crippen LogP contribution in [0.1, 0.15) is 37.7 Å². The Kier molecular flexibility index (Phi) is 4.44. The maximum absolute atomic E-state index is 12.8. The second kappa shape index (κ2) is 7.08. The van der Waals surface area contributed by atoms with Gasteiger partial charge in [-0.2, -0.15) is 0 Å². The first kappa shape index (κ1) is 16.9. The average molecular weight is 378 g/mol. The smallest absolute Gasteiger partial charge is 0.247 e. The van der Waals surface area contributed by atoms with Crippen LogP contribution in [0.25, 0.3) is 20.2 Å². The van der Waals surface area contributed by atoms with Crippen LogP contribution in [0.3, 0.4) is 0 Å². The summed E-state index contributed by atoms with van der Waals surface area (Å²) in [6.07, 6.45) is 6.45. The summed E-state index contributed by atoms with van der Waals surface area (Å²) in [5.41, 5.74) is 1.47. The quantitative estimate of drug-likeness (QED) is 0.481. The van der Waals surface area contributed by atoms with E-state index in [0.717, 1.165) is 33.3 Å². The van der Waals surface area contributed by atoms with Crippen LogP contribution in [0.5, 0.6) is 0 Å². The first-order valence-corrected chi connectivity index (χ1v) is 10.9. The number of fused-ring (bicyclic) bond motifs is 2. The molecule has 5 rings (SSSR count). The van der Waals surface area contributed by atoms with E-state index in [-0.39, 0.29) is 5.43 Å². The molecule has 1 aromatic heterocycles. The molecule has 3 nitrogen and oxygen atoms in total. The highest BCUT2D eigenvalue weighted by Crippen LogP contribution is 2.26. The molecule has 2 aromatic carbocycles. The van der Waals surface area contributed by atoms with Crippen LogP contribution in [0.15, 0.2) is 47.3 Å². The fourth-order valence-corrected chi connectivity index (χ4v) is 5.70. The largest absolute Gasteiger partial charge is 0.289 e. The first-order valence-electron chi connectivity index (χ1n) is 10.1. The van der Waals surface area contributed by atoms with E-state index < -0.39 is 0 Å². The number of rotatable bonds is 2. The minimum atomic E-state index is 0.160. The third kappa shape index (κ3) is 3.16. The summed E-state index contributed by atoms with van der Waals surface area (Å²) in [5.74, 6) is 1.55. The monoisotopic (exact) mass is 377 g/mol. The van der Waals surface area contributed by atoms with E-state index in [4.69, 9.17) is 0 Å². The molecule has 4 heteroatoms. The van der Waals surface area contributed by atoms with E-state index >= 15 is 0 Å². The van der Waals surface area contributed by atoms with Gasteiger partial charge in [-0.3, -0.25) is 14.3 Å². The fourth-order valence-electron chi connectivity index (χ4n) is 4.56. The molecule has 0 amide bonds. The van der Waals surface area contributed by atoms with E-state index in [1.165, 1.54) is 50.8 Å². The number of benzene rings is 2. The van der Waals surface area contributed by atoms with Crippen molar-refractivity contribution in [1.82, 2.24) is 4.90 Å². The van der Waals surface area contributed by atoms with Crippen LogP contribution >= 0.6 is 11.3 Å². The zero-order valence-corrected chi connectivity index (χ0v) is 16.4. The number of nitrogens with zero attached hydrogens (tertiary/aromatic N) is 2. The van der Waals surface area contributed by atoms with Gasteiger partial charge in [0.1, 0.15) is 6.54 Å². The highest BCUT2D eigenvalue weighted by Gasteiger charge is 2.28. The maximum atomic E-state index is 12.8. The molecule has 0 bridgehead atoms. The molecule has 3 heterocycles. The minimum Gasteiger partial charge on any atom is -0.289 e.